The van der Waals surface area contributed by atoms with Gasteiger partial charge in [0.25, 0.3) is 0 Å². The first kappa shape index (κ1) is 23.3. The molecule has 168 valence electrons. The number of carbonyl (C=O) groups excluding carboxylic acids is 2. The molecule has 1 fully saturated rings. The summed E-state index contributed by atoms with van der Waals surface area (Å²) in [6.07, 6.45) is 0. The van der Waals surface area contributed by atoms with Crippen LogP contribution in [0, 0.1) is 11.6 Å². The summed E-state index contributed by atoms with van der Waals surface area (Å²) in [5.74, 6) is -2.01. The lowest BCUT2D eigenvalue weighted by Crippen LogP contribution is -2.48. The number of anilines is 1. The summed E-state index contributed by atoms with van der Waals surface area (Å²) < 4.78 is 52.5. The van der Waals surface area contributed by atoms with Crippen molar-refractivity contribution in [2.45, 2.75) is 6.54 Å². The first-order valence-corrected chi connectivity index (χ1v) is 11.5. The van der Waals surface area contributed by atoms with E-state index in [1.54, 1.807) is 0 Å². The Labute approximate surface area is 184 Å². The summed E-state index contributed by atoms with van der Waals surface area (Å²) in [6.45, 7) is -0.00641. The fourth-order valence-corrected chi connectivity index (χ4v) is 4.51. The number of benzene rings is 2. The maximum Gasteiger partial charge on any atom is 0.337 e. The normalized spacial score (nSPS) is 16.5. The summed E-state index contributed by atoms with van der Waals surface area (Å²) in [4.78, 5) is 27.4. The van der Waals surface area contributed by atoms with Crippen molar-refractivity contribution < 1.29 is 32.2 Å². The zero-order valence-electron chi connectivity index (χ0n) is 16.6. The standard InChI is InChI=1S/C20H21ClF2N2O5S/c1-30-19(26)13-2-3-14(18(23)10-13)12-25(15-4-5-17(22)16(21)11-15)20(27)24-6-8-31(28,29)9-7-24/h2-5,10-11,28-29H,6-9,12H2,1H3. The van der Waals surface area contributed by atoms with Crippen molar-refractivity contribution in [1.29, 1.82) is 0 Å². The van der Waals surface area contributed by atoms with E-state index in [4.69, 9.17) is 11.6 Å². The van der Waals surface area contributed by atoms with Gasteiger partial charge in [0.2, 0.25) is 0 Å². The second-order valence-electron chi connectivity index (χ2n) is 6.96. The highest BCUT2D eigenvalue weighted by atomic mass is 35.5. The van der Waals surface area contributed by atoms with Crippen LogP contribution in [-0.4, -0.2) is 57.7 Å². The Balaban J connectivity index is 1.92. The fourth-order valence-electron chi connectivity index (χ4n) is 3.10. The van der Waals surface area contributed by atoms with E-state index in [1.165, 1.54) is 41.2 Å². The van der Waals surface area contributed by atoms with Crippen molar-refractivity contribution in [1.82, 2.24) is 4.90 Å². The highest BCUT2D eigenvalue weighted by Gasteiger charge is 2.30. The van der Waals surface area contributed by atoms with Gasteiger partial charge >= 0.3 is 12.0 Å². The molecule has 2 aromatic rings. The van der Waals surface area contributed by atoms with Gasteiger partial charge in [-0.3, -0.25) is 14.0 Å². The largest absolute Gasteiger partial charge is 0.465 e. The van der Waals surface area contributed by atoms with Crippen molar-refractivity contribution in [2.75, 3.05) is 36.6 Å². The van der Waals surface area contributed by atoms with Gasteiger partial charge in [-0.25, -0.2) is 18.4 Å². The molecule has 0 atom stereocenters. The predicted molar refractivity (Wildman–Crippen MR) is 115 cm³/mol. The molecule has 2 aromatic carbocycles. The molecular weight excluding hydrogens is 454 g/mol. The third-order valence-corrected chi connectivity index (χ3v) is 6.86. The van der Waals surface area contributed by atoms with E-state index in [0.717, 1.165) is 12.1 Å². The molecule has 0 spiro atoms. The van der Waals surface area contributed by atoms with Gasteiger partial charge in [0.15, 0.2) is 0 Å². The Hall–Kier alpha value is -2.40. The summed E-state index contributed by atoms with van der Waals surface area (Å²) in [5, 5.41) is -0.204. The minimum atomic E-state index is -2.72. The summed E-state index contributed by atoms with van der Waals surface area (Å²) >= 11 is 5.88. The third-order valence-electron chi connectivity index (χ3n) is 4.90. The minimum Gasteiger partial charge on any atom is -0.465 e. The number of carbonyl (C=O) groups is 2. The summed E-state index contributed by atoms with van der Waals surface area (Å²) in [5.41, 5.74) is 0.375. The molecule has 1 aliphatic rings. The molecule has 11 heteroatoms. The van der Waals surface area contributed by atoms with Crippen LogP contribution in [0.25, 0.3) is 0 Å². The lowest BCUT2D eigenvalue weighted by molar-refractivity contribution is 0.0600. The first-order chi connectivity index (χ1) is 14.6. The highest BCUT2D eigenvalue weighted by molar-refractivity contribution is 8.24. The van der Waals surface area contributed by atoms with Gasteiger partial charge in [-0.1, -0.05) is 17.7 Å². The van der Waals surface area contributed by atoms with E-state index in [-0.39, 0.29) is 53.0 Å². The average Bonchev–Trinajstić information content (AvgIpc) is 2.74. The van der Waals surface area contributed by atoms with Crippen LogP contribution in [0.1, 0.15) is 15.9 Å². The van der Waals surface area contributed by atoms with E-state index in [2.05, 4.69) is 4.74 Å². The number of urea groups is 1. The van der Waals surface area contributed by atoms with Gasteiger partial charge in [-0.2, -0.15) is 10.6 Å². The van der Waals surface area contributed by atoms with Crippen molar-refractivity contribution in [2.24, 2.45) is 0 Å². The summed E-state index contributed by atoms with van der Waals surface area (Å²) in [7, 11) is -1.54. The molecule has 7 nitrogen and oxygen atoms in total. The molecule has 0 bridgehead atoms. The number of hydrogen-bond donors (Lipinski definition) is 2. The second-order valence-corrected chi connectivity index (χ2v) is 9.79. The molecule has 3 rings (SSSR count). The predicted octanol–water partition coefficient (Wildman–Crippen LogP) is 4.60. The number of amides is 2. The van der Waals surface area contributed by atoms with E-state index >= 15 is 0 Å². The fraction of sp³-hybridized carbons (Fsp3) is 0.300. The zero-order chi connectivity index (χ0) is 22.8. The number of hydrogen-bond acceptors (Lipinski definition) is 5. The van der Waals surface area contributed by atoms with Crippen LogP contribution in [-0.2, 0) is 11.3 Å². The number of methoxy groups -OCH3 is 1. The maximum absolute atomic E-state index is 14.7. The van der Waals surface area contributed by atoms with Crippen LogP contribution in [0.3, 0.4) is 0 Å². The van der Waals surface area contributed by atoms with E-state index in [9.17, 15) is 27.5 Å². The molecule has 1 heterocycles. The van der Waals surface area contributed by atoms with Crippen LogP contribution < -0.4 is 4.90 Å². The molecule has 2 amide bonds. The van der Waals surface area contributed by atoms with Gasteiger partial charge in [-0.05, 0) is 30.3 Å². The van der Waals surface area contributed by atoms with Crippen molar-refractivity contribution in [3.05, 3.63) is 64.2 Å². The van der Waals surface area contributed by atoms with Crippen LogP contribution in [0.5, 0.6) is 0 Å². The molecule has 1 saturated heterocycles. The van der Waals surface area contributed by atoms with Crippen molar-refractivity contribution in [3.63, 3.8) is 0 Å². The molecule has 0 unspecified atom stereocenters. The first-order valence-electron chi connectivity index (χ1n) is 9.23. The van der Waals surface area contributed by atoms with E-state index < -0.39 is 34.2 Å². The Morgan fingerprint density at radius 3 is 2.39 bits per heavy atom. The Morgan fingerprint density at radius 2 is 1.81 bits per heavy atom. The van der Waals surface area contributed by atoms with Crippen LogP contribution >= 0.6 is 22.2 Å². The Morgan fingerprint density at radius 1 is 1.13 bits per heavy atom. The average molecular weight is 475 g/mol. The van der Waals surface area contributed by atoms with E-state index in [1.807, 2.05) is 0 Å². The van der Waals surface area contributed by atoms with Gasteiger partial charge < -0.3 is 9.64 Å². The second kappa shape index (κ2) is 9.39. The third kappa shape index (κ3) is 5.45. The molecule has 0 saturated carbocycles. The summed E-state index contributed by atoms with van der Waals surface area (Å²) in [6, 6.07) is 6.93. The van der Waals surface area contributed by atoms with E-state index in [0.29, 0.717) is 0 Å². The lowest BCUT2D eigenvalue weighted by Gasteiger charge is -2.42. The Bertz CT molecular complexity index is 998. The molecule has 0 radical (unpaired) electrons. The minimum absolute atomic E-state index is 0.0210. The number of halogens is 3. The van der Waals surface area contributed by atoms with Gasteiger partial charge in [0.05, 0.1) is 35.7 Å². The maximum atomic E-state index is 14.7. The Kier molecular flexibility index (Phi) is 7.05. The van der Waals surface area contributed by atoms with Crippen LogP contribution in [0.15, 0.2) is 36.4 Å². The number of nitrogens with zero attached hydrogens (tertiary/aromatic N) is 2. The molecule has 0 aliphatic carbocycles. The number of ether oxygens (including phenoxy) is 1. The number of esters is 1. The molecule has 1 aliphatic heterocycles. The SMILES string of the molecule is COC(=O)c1ccc(CN(C(=O)N2CCS(O)(O)CC2)c2ccc(F)c(Cl)c2)c(F)c1. The zero-order valence-corrected chi connectivity index (χ0v) is 18.1. The van der Waals surface area contributed by atoms with Gasteiger partial charge in [0.1, 0.15) is 11.6 Å². The van der Waals surface area contributed by atoms with Crippen LogP contribution in [0.4, 0.5) is 19.3 Å². The molecule has 31 heavy (non-hydrogen) atoms. The van der Waals surface area contributed by atoms with Gasteiger partial charge in [0, 0.05) is 24.3 Å². The van der Waals surface area contributed by atoms with Crippen molar-refractivity contribution in [3.8, 4) is 0 Å². The smallest absolute Gasteiger partial charge is 0.337 e. The topological polar surface area (TPSA) is 90.3 Å². The quantitative estimate of drug-likeness (QED) is 0.632. The van der Waals surface area contributed by atoms with Crippen LogP contribution in [0.2, 0.25) is 5.02 Å². The van der Waals surface area contributed by atoms with Crippen molar-refractivity contribution >= 4 is 39.9 Å². The molecule has 0 aromatic heterocycles. The van der Waals surface area contributed by atoms with Gasteiger partial charge in [-0.15, -0.1) is 0 Å². The molecular formula is C20H21ClF2N2O5S. The lowest BCUT2D eigenvalue weighted by atomic mass is 10.1. The highest BCUT2D eigenvalue weighted by Crippen LogP contribution is 2.40. The number of rotatable bonds is 4. The molecule has 2 N–H and O–H groups in total. The monoisotopic (exact) mass is 474 g/mol.